The Bertz CT molecular complexity index is 827. The summed E-state index contributed by atoms with van der Waals surface area (Å²) in [6.45, 7) is 19.6. The standard InChI is InChI=1S/C30H48O2/c1-19(2)20-11-16-30(25(31)32)18-17-28(6)21(24(20)30)9-10-23-27(5)14-8-13-26(3,4)22(27)12-15-29(23,28)7/h20-24H,1,8-18H2,2-7H3,(H,31,32)/t20-,21?,22?,23?,24?,27?,28+,29?,30?/m0/s1. The van der Waals surface area contributed by atoms with Gasteiger partial charge in [0.05, 0.1) is 5.41 Å². The third kappa shape index (κ3) is 2.62. The van der Waals surface area contributed by atoms with Crippen LogP contribution in [0.3, 0.4) is 0 Å². The summed E-state index contributed by atoms with van der Waals surface area (Å²) in [6, 6.07) is 0. The molecule has 0 aromatic heterocycles. The summed E-state index contributed by atoms with van der Waals surface area (Å²) in [4.78, 5) is 12.7. The van der Waals surface area contributed by atoms with Gasteiger partial charge in [0.25, 0.3) is 0 Å². The number of hydrogen-bond acceptors (Lipinski definition) is 1. The molecule has 5 saturated carbocycles. The van der Waals surface area contributed by atoms with Crippen molar-refractivity contribution in [1.82, 2.24) is 0 Å². The lowest BCUT2D eigenvalue weighted by molar-refractivity contribution is -0.237. The summed E-state index contributed by atoms with van der Waals surface area (Å²) in [5.41, 5.74) is 2.25. The molecule has 0 heterocycles. The second-order valence-corrected chi connectivity index (χ2v) is 14.5. The van der Waals surface area contributed by atoms with Crippen LogP contribution in [0, 0.1) is 56.7 Å². The highest BCUT2D eigenvalue weighted by atomic mass is 16.4. The number of rotatable bonds is 2. The first-order valence-corrected chi connectivity index (χ1v) is 13.7. The maximum Gasteiger partial charge on any atom is 0.309 e. The van der Waals surface area contributed by atoms with Crippen molar-refractivity contribution in [2.75, 3.05) is 0 Å². The van der Waals surface area contributed by atoms with Crippen LogP contribution in [-0.2, 0) is 4.79 Å². The maximum absolute atomic E-state index is 12.7. The van der Waals surface area contributed by atoms with Crippen molar-refractivity contribution in [3.63, 3.8) is 0 Å². The number of allylic oxidation sites excluding steroid dienone is 1. The third-order valence-electron chi connectivity index (χ3n) is 13.2. The molecule has 0 bridgehead atoms. The van der Waals surface area contributed by atoms with Crippen molar-refractivity contribution in [2.45, 2.75) is 112 Å². The Kier molecular flexibility index (Phi) is 4.94. The highest BCUT2D eigenvalue weighted by molar-refractivity contribution is 5.76. The Morgan fingerprint density at radius 1 is 0.812 bits per heavy atom. The Labute approximate surface area is 197 Å². The van der Waals surface area contributed by atoms with E-state index in [0.29, 0.717) is 34.0 Å². The Balaban J connectivity index is 1.57. The average molecular weight is 441 g/mol. The van der Waals surface area contributed by atoms with Gasteiger partial charge in [0.15, 0.2) is 0 Å². The summed E-state index contributed by atoms with van der Waals surface area (Å²) in [7, 11) is 0. The van der Waals surface area contributed by atoms with Gasteiger partial charge in [-0.05, 0) is 122 Å². The minimum atomic E-state index is -0.509. The summed E-state index contributed by atoms with van der Waals surface area (Å²) < 4.78 is 0. The molecule has 2 heteroatoms. The molecular formula is C30H48O2. The van der Waals surface area contributed by atoms with E-state index in [9.17, 15) is 9.90 Å². The van der Waals surface area contributed by atoms with Crippen molar-refractivity contribution in [3.8, 4) is 0 Å². The first-order chi connectivity index (χ1) is 14.8. The van der Waals surface area contributed by atoms with Gasteiger partial charge in [-0.25, -0.2) is 0 Å². The highest BCUT2D eigenvalue weighted by Crippen LogP contribution is 2.77. The number of carbonyl (C=O) groups is 1. The van der Waals surface area contributed by atoms with Gasteiger partial charge in [-0.3, -0.25) is 4.79 Å². The molecule has 0 radical (unpaired) electrons. The molecule has 9 atom stereocenters. The van der Waals surface area contributed by atoms with Gasteiger partial charge < -0.3 is 5.11 Å². The number of carboxylic acids is 1. The molecule has 1 N–H and O–H groups in total. The molecule has 0 aromatic rings. The van der Waals surface area contributed by atoms with E-state index in [0.717, 1.165) is 37.5 Å². The highest BCUT2D eigenvalue weighted by Gasteiger charge is 2.71. The summed E-state index contributed by atoms with van der Waals surface area (Å²) >= 11 is 0. The molecule has 2 nitrogen and oxygen atoms in total. The molecule has 0 aliphatic heterocycles. The Hall–Kier alpha value is -0.790. The Morgan fingerprint density at radius 3 is 2.19 bits per heavy atom. The number of aliphatic carboxylic acids is 1. The van der Waals surface area contributed by atoms with Crippen molar-refractivity contribution in [3.05, 3.63) is 12.2 Å². The van der Waals surface area contributed by atoms with Gasteiger partial charge in [-0.15, -0.1) is 0 Å². The summed E-state index contributed by atoms with van der Waals surface area (Å²) in [5.74, 6) is 2.36. The second-order valence-electron chi connectivity index (χ2n) is 14.5. The fraction of sp³-hybridized carbons (Fsp3) is 0.900. The molecule has 5 rings (SSSR count). The summed E-state index contributed by atoms with van der Waals surface area (Å²) in [6.07, 6.45) is 13.3. The lowest BCUT2D eigenvalue weighted by Crippen LogP contribution is -2.66. The van der Waals surface area contributed by atoms with Crippen LogP contribution in [0.25, 0.3) is 0 Å². The van der Waals surface area contributed by atoms with E-state index in [4.69, 9.17) is 0 Å². The molecule has 5 fully saturated rings. The molecule has 0 amide bonds. The minimum Gasteiger partial charge on any atom is -0.481 e. The zero-order valence-corrected chi connectivity index (χ0v) is 21.7. The van der Waals surface area contributed by atoms with Gasteiger partial charge in [0, 0.05) is 0 Å². The Morgan fingerprint density at radius 2 is 1.53 bits per heavy atom. The van der Waals surface area contributed by atoms with Crippen LogP contribution in [0.1, 0.15) is 112 Å². The molecular weight excluding hydrogens is 392 g/mol. The quantitative estimate of drug-likeness (QED) is 0.440. The van der Waals surface area contributed by atoms with Crippen molar-refractivity contribution >= 4 is 5.97 Å². The zero-order chi connectivity index (χ0) is 23.3. The number of fused-ring (bicyclic) bond motifs is 7. The molecule has 0 aromatic carbocycles. The van der Waals surface area contributed by atoms with E-state index in [2.05, 4.69) is 48.1 Å². The predicted octanol–water partition coefficient (Wildman–Crippen LogP) is 8.12. The van der Waals surface area contributed by atoms with E-state index in [1.807, 2.05) is 0 Å². The molecule has 180 valence electrons. The zero-order valence-electron chi connectivity index (χ0n) is 21.7. The predicted molar refractivity (Wildman–Crippen MR) is 131 cm³/mol. The first-order valence-electron chi connectivity index (χ1n) is 13.7. The minimum absolute atomic E-state index is 0.257. The normalized spacial score (nSPS) is 54.0. The van der Waals surface area contributed by atoms with Gasteiger partial charge in [-0.1, -0.05) is 53.2 Å². The molecule has 0 saturated heterocycles. The van der Waals surface area contributed by atoms with E-state index in [1.165, 1.54) is 50.5 Å². The van der Waals surface area contributed by atoms with Crippen LogP contribution in [0.2, 0.25) is 0 Å². The SMILES string of the molecule is C=C(C)[C@@H]1CCC2(C(=O)O)CC[C@]3(C)C(CCC4C5(C)CCCC(C)(C)C5CCC43C)C12. The average Bonchev–Trinajstić information content (AvgIpc) is 3.09. The van der Waals surface area contributed by atoms with Crippen molar-refractivity contribution in [1.29, 1.82) is 0 Å². The lowest BCUT2D eigenvalue weighted by atomic mass is 9.32. The van der Waals surface area contributed by atoms with Gasteiger partial charge >= 0.3 is 5.97 Å². The fourth-order valence-electron chi connectivity index (χ4n) is 11.6. The smallest absolute Gasteiger partial charge is 0.309 e. The molecule has 0 spiro atoms. The van der Waals surface area contributed by atoms with Gasteiger partial charge in [0.1, 0.15) is 0 Å². The van der Waals surface area contributed by atoms with Crippen molar-refractivity contribution in [2.24, 2.45) is 56.7 Å². The van der Waals surface area contributed by atoms with Crippen LogP contribution in [-0.4, -0.2) is 11.1 Å². The van der Waals surface area contributed by atoms with Crippen LogP contribution in [0.4, 0.5) is 0 Å². The van der Waals surface area contributed by atoms with Crippen LogP contribution in [0.15, 0.2) is 12.2 Å². The third-order valence-corrected chi connectivity index (χ3v) is 13.2. The number of carboxylic acid groups (broad SMARTS) is 1. The molecule has 32 heavy (non-hydrogen) atoms. The van der Waals surface area contributed by atoms with Gasteiger partial charge in [0.2, 0.25) is 0 Å². The van der Waals surface area contributed by atoms with Crippen LogP contribution in [0.5, 0.6) is 0 Å². The largest absolute Gasteiger partial charge is 0.481 e. The van der Waals surface area contributed by atoms with Crippen LogP contribution < -0.4 is 0 Å². The van der Waals surface area contributed by atoms with E-state index >= 15 is 0 Å². The molecule has 7 unspecified atom stereocenters. The summed E-state index contributed by atoms with van der Waals surface area (Å²) in [5, 5.41) is 10.5. The van der Waals surface area contributed by atoms with Gasteiger partial charge in [-0.2, -0.15) is 0 Å². The van der Waals surface area contributed by atoms with E-state index < -0.39 is 11.4 Å². The van der Waals surface area contributed by atoms with E-state index in [-0.39, 0.29) is 5.41 Å². The topological polar surface area (TPSA) is 37.3 Å². The molecule has 5 aliphatic carbocycles. The van der Waals surface area contributed by atoms with Crippen LogP contribution >= 0.6 is 0 Å². The lowest BCUT2D eigenvalue weighted by Gasteiger charge is -2.72. The number of hydrogen-bond donors (Lipinski definition) is 1. The van der Waals surface area contributed by atoms with E-state index in [1.54, 1.807) is 0 Å². The fourth-order valence-corrected chi connectivity index (χ4v) is 11.6. The molecule has 5 aliphatic rings. The van der Waals surface area contributed by atoms with Crippen molar-refractivity contribution < 1.29 is 9.90 Å². The maximum atomic E-state index is 12.7. The second kappa shape index (κ2) is 6.88. The first kappa shape index (κ1) is 23.0. The monoisotopic (exact) mass is 440 g/mol.